The van der Waals surface area contributed by atoms with Gasteiger partial charge in [-0.3, -0.25) is 0 Å². The average molecular weight is 152 g/mol. The zero-order valence-corrected chi connectivity index (χ0v) is 7.14. The maximum atomic E-state index is 8.60. The summed E-state index contributed by atoms with van der Waals surface area (Å²) in [5.41, 5.74) is 0. The fourth-order valence-corrected chi connectivity index (χ4v) is 1.67. The van der Waals surface area contributed by atoms with Crippen LogP contribution in [0.3, 0.4) is 0 Å². The number of hydrogen-bond acceptors (Lipinski definition) is 2. The molecule has 1 aliphatic rings. The summed E-state index contributed by atoms with van der Waals surface area (Å²) in [6, 6.07) is 2.29. The third-order valence-electron chi connectivity index (χ3n) is 2.37. The van der Waals surface area contributed by atoms with E-state index in [1.165, 1.54) is 12.8 Å². The molecule has 0 radical (unpaired) electrons. The van der Waals surface area contributed by atoms with Gasteiger partial charge in [0.1, 0.15) is 0 Å². The van der Waals surface area contributed by atoms with Gasteiger partial charge in [0, 0.05) is 5.92 Å². The second-order valence-corrected chi connectivity index (χ2v) is 3.46. The van der Waals surface area contributed by atoms with E-state index in [1.54, 1.807) is 0 Å². The fraction of sp³-hybridized carbons (Fsp3) is 0.889. The van der Waals surface area contributed by atoms with E-state index in [1.807, 2.05) is 6.92 Å². The van der Waals surface area contributed by atoms with E-state index >= 15 is 0 Å². The molecular formula is C9H16N2. The predicted octanol–water partition coefficient (Wildman–Crippen LogP) is 1.54. The van der Waals surface area contributed by atoms with Crippen LogP contribution in [-0.4, -0.2) is 13.1 Å². The van der Waals surface area contributed by atoms with Crippen molar-refractivity contribution >= 4 is 0 Å². The molecule has 1 N–H and O–H groups in total. The number of nitrogens with one attached hydrogen (secondary N) is 1. The van der Waals surface area contributed by atoms with Gasteiger partial charge in [-0.05, 0) is 45.2 Å². The summed E-state index contributed by atoms with van der Waals surface area (Å²) >= 11 is 0. The van der Waals surface area contributed by atoms with Crippen molar-refractivity contribution in [3.05, 3.63) is 0 Å². The summed E-state index contributed by atoms with van der Waals surface area (Å²) in [6.45, 7) is 4.30. The summed E-state index contributed by atoms with van der Waals surface area (Å²) in [6.07, 6.45) is 3.61. The van der Waals surface area contributed by atoms with Gasteiger partial charge in [0.05, 0.1) is 6.07 Å². The smallest absolute Gasteiger partial charge is 0.0652 e. The van der Waals surface area contributed by atoms with E-state index < -0.39 is 0 Å². The molecule has 0 amide bonds. The molecule has 0 aromatic carbocycles. The predicted molar refractivity (Wildman–Crippen MR) is 45.0 cm³/mol. The number of hydrogen-bond donors (Lipinski definition) is 1. The molecule has 2 heteroatoms. The molecule has 2 nitrogen and oxygen atoms in total. The lowest BCUT2D eigenvalue weighted by Crippen LogP contribution is -2.28. The van der Waals surface area contributed by atoms with Crippen LogP contribution in [0.15, 0.2) is 0 Å². The van der Waals surface area contributed by atoms with Crippen LogP contribution in [0.5, 0.6) is 0 Å². The quantitative estimate of drug-likeness (QED) is 0.651. The maximum Gasteiger partial charge on any atom is 0.0652 e. The first kappa shape index (κ1) is 8.55. The zero-order chi connectivity index (χ0) is 8.10. The topological polar surface area (TPSA) is 35.8 Å². The summed E-state index contributed by atoms with van der Waals surface area (Å²) in [4.78, 5) is 0. The molecule has 0 aromatic heterocycles. The van der Waals surface area contributed by atoms with Crippen molar-refractivity contribution in [3.8, 4) is 6.07 Å². The van der Waals surface area contributed by atoms with Gasteiger partial charge < -0.3 is 5.32 Å². The highest BCUT2D eigenvalue weighted by Crippen LogP contribution is 2.20. The molecule has 0 aliphatic carbocycles. The van der Waals surface area contributed by atoms with Crippen LogP contribution in [0.4, 0.5) is 0 Å². The van der Waals surface area contributed by atoms with Gasteiger partial charge in [-0.1, -0.05) is 0 Å². The van der Waals surface area contributed by atoms with Crippen molar-refractivity contribution in [2.45, 2.75) is 26.2 Å². The van der Waals surface area contributed by atoms with Gasteiger partial charge in [0.25, 0.3) is 0 Å². The van der Waals surface area contributed by atoms with Crippen molar-refractivity contribution < 1.29 is 0 Å². The van der Waals surface area contributed by atoms with Gasteiger partial charge in [-0.25, -0.2) is 0 Å². The third-order valence-corrected chi connectivity index (χ3v) is 2.37. The molecule has 62 valence electrons. The van der Waals surface area contributed by atoms with Crippen LogP contribution in [-0.2, 0) is 0 Å². The van der Waals surface area contributed by atoms with Gasteiger partial charge in [0.15, 0.2) is 0 Å². The first-order chi connectivity index (χ1) is 5.33. The minimum Gasteiger partial charge on any atom is -0.317 e. The molecule has 0 saturated carbocycles. The van der Waals surface area contributed by atoms with E-state index in [9.17, 15) is 0 Å². The van der Waals surface area contributed by atoms with Gasteiger partial charge in [-0.2, -0.15) is 5.26 Å². The molecule has 1 aliphatic heterocycles. The van der Waals surface area contributed by atoms with Gasteiger partial charge >= 0.3 is 0 Å². The van der Waals surface area contributed by atoms with Crippen LogP contribution in [0.2, 0.25) is 0 Å². The van der Waals surface area contributed by atoms with Crippen LogP contribution in [0.25, 0.3) is 0 Å². The summed E-state index contributed by atoms with van der Waals surface area (Å²) in [7, 11) is 0. The van der Waals surface area contributed by atoms with Crippen LogP contribution in [0, 0.1) is 23.2 Å². The van der Waals surface area contributed by atoms with Gasteiger partial charge in [-0.15, -0.1) is 0 Å². The lowest BCUT2D eigenvalue weighted by molar-refractivity contribution is 0.331. The maximum absolute atomic E-state index is 8.60. The lowest BCUT2D eigenvalue weighted by Gasteiger charge is -2.22. The highest BCUT2D eigenvalue weighted by atomic mass is 14.9. The number of rotatable bonds is 2. The molecule has 0 aromatic rings. The van der Waals surface area contributed by atoms with E-state index in [-0.39, 0.29) is 5.92 Å². The Labute approximate surface area is 68.6 Å². The molecule has 1 fully saturated rings. The normalized spacial score (nSPS) is 22.5. The highest BCUT2D eigenvalue weighted by Gasteiger charge is 2.15. The summed E-state index contributed by atoms with van der Waals surface area (Å²) in [5.74, 6) is 1.05. The Morgan fingerprint density at radius 2 is 2.18 bits per heavy atom. The van der Waals surface area contributed by atoms with E-state index in [4.69, 9.17) is 5.26 Å². The summed E-state index contributed by atoms with van der Waals surface area (Å²) in [5, 5.41) is 11.9. The van der Waals surface area contributed by atoms with Crippen molar-refractivity contribution in [2.75, 3.05) is 13.1 Å². The first-order valence-electron chi connectivity index (χ1n) is 4.43. The van der Waals surface area contributed by atoms with Gasteiger partial charge in [0.2, 0.25) is 0 Å². The second kappa shape index (κ2) is 4.35. The minimum absolute atomic E-state index is 0.248. The molecular weight excluding hydrogens is 136 g/mol. The van der Waals surface area contributed by atoms with Crippen LogP contribution < -0.4 is 5.32 Å². The van der Waals surface area contributed by atoms with Crippen LogP contribution in [0.1, 0.15) is 26.2 Å². The number of piperidine rings is 1. The Morgan fingerprint density at radius 1 is 1.55 bits per heavy atom. The molecule has 0 spiro atoms. The monoisotopic (exact) mass is 152 g/mol. The Hall–Kier alpha value is -0.550. The molecule has 1 rings (SSSR count). The molecule has 11 heavy (non-hydrogen) atoms. The largest absolute Gasteiger partial charge is 0.317 e. The van der Waals surface area contributed by atoms with E-state index in [0.29, 0.717) is 0 Å². The molecule has 1 unspecified atom stereocenters. The minimum atomic E-state index is 0.248. The van der Waals surface area contributed by atoms with Crippen molar-refractivity contribution in [1.82, 2.24) is 5.32 Å². The molecule has 0 bridgehead atoms. The third kappa shape index (κ3) is 2.90. The Kier molecular flexibility index (Phi) is 3.38. The van der Waals surface area contributed by atoms with Crippen molar-refractivity contribution in [1.29, 1.82) is 5.26 Å². The van der Waals surface area contributed by atoms with E-state index in [0.717, 1.165) is 25.4 Å². The molecule has 1 heterocycles. The highest BCUT2D eigenvalue weighted by molar-refractivity contribution is 4.82. The Balaban J connectivity index is 2.20. The van der Waals surface area contributed by atoms with Crippen molar-refractivity contribution in [3.63, 3.8) is 0 Å². The summed E-state index contributed by atoms with van der Waals surface area (Å²) < 4.78 is 0. The average Bonchev–Trinajstić information content (AvgIpc) is 2.06. The Morgan fingerprint density at radius 3 is 2.73 bits per heavy atom. The molecule has 1 atom stereocenters. The zero-order valence-electron chi connectivity index (χ0n) is 7.14. The molecule has 1 saturated heterocycles. The standard InChI is InChI=1S/C9H16N2/c1-8(7-10)6-9-2-4-11-5-3-9/h8-9,11H,2-6H2,1H3. The Bertz CT molecular complexity index is 142. The fourth-order valence-electron chi connectivity index (χ4n) is 1.67. The first-order valence-corrected chi connectivity index (χ1v) is 4.43. The SMILES string of the molecule is CC(C#N)CC1CCNCC1. The second-order valence-electron chi connectivity index (χ2n) is 3.46. The van der Waals surface area contributed by atoms with Crippen LogP contribution >= 0.6 is 0 Å². The number of nitrogens with zero attached hydrogens (tertiary/aromatic N) is 1. The van der Waals surface area contributed by atoms with Crippen molar-refractivity contribution in [2.24, 2.45) is 11.8 Å². The van der Waals surface area contributed by atoms with E-state index in [2.05, 4.69) is 11.4 Å². The number of nitriles is 1. The lowest BCUT2D eigenvalue weighted by atomic mass is 9.89.